The van der Waals surface area contributed by atoms with Crippen molar-refractivity contribution in [3.8, 4) is 17.0 Å². The van der Waals surface area contributed by atoms with E-state index >= 15 is 0 Å². The maximum Gasteiger partial charge on any atom is 0.229 e. The maximum absolute atomic E-state index is 5.53. The topological polar surface area (TPSA) is 87.8 Å². The molecule has 3 heterocycles. The second kappa shape index (κ2) is 6.95. The van der Waals surface area contributed by atoms with Crippen molar-refractivity contribution >= 4 is 28.4 Å². The fourth-order valence-electron chi connectivity index (χ4n) is 2.96. The van der Waals surface area contributed by atoms with Crippen LogP contribution < -0.4 is 15.4 Å². The Hall–Kier alpha value is -3.61. The van der Waals surface area contributed by atoms with Crippen LogP contribution in [0, 0.1) is 6.92 Å². The van der Waals surface area contributed by atoms with E-state index < -0.39 is 0 Å². The minimum atomic E-state index is 0.531. The number of aryl methyl sites for hydroxylation is 1. The molecule has 4 aromatic rings. The fourth-order valence-corrected chi connectivity index (χ4v) is 2.96. The first kappa shape index (κ1) is 16.8. The molecular weight excluding hydrogens is 340 g/mol. The molecule has 1 aromatic carbocycles. The molecule has 0 aliphatic carbocycles. The van der Waals surface area contributed by atoms with Gasteiger partial charge in [0.2, 0.25) is 5.95 Å². The number of pyridine rings is 1. The molecule has 7 heteroatoms. The van der Waals surface area contributed by atoms with Crippen molar-refractivity contribution in [2.75, 3.05) is 24.8 Å². The molecule has 0 aliphatic heterocycles. The zero-order chi connectivity index (χ0) is 18.8. The Morgan fingerprint density at radius 2 is 1.96 bits per heavy atom. The van der Waals surface area contributed by atoms with E-state index in [9.17, 15) is 0 Å². The Morgan fingerprint density at radius 1 is 1.07 bits per heavy atom. The summed E-state index contributed by atoms with van der Waals surface area (Å²) in [4.78, 5) is 16.7. The van der Waals surface area contributed by atoms with Gasteiger partial charge in [-0.25, -0.2) is 4.98 Å². The molecule has 3 N–H and O–H groups in total. The molecule has 0 radical (unpaired) electrons. The lowest BCUT2D eigenvalue weighted by Gasteiger charge is -2.12. The Kier molecular flexibility index (Phi) is 4.33. The monoisotopic (exact) mass is 360 g/mol. The first-order chi connectivity index (χ1) is 13.2. The van der Waals surface area contributed by atoms with Gasteiger partial charge in [-0.15, -0.1) is 0 Å². The summed E-state index contributed by atoms with van der Waals surface area (Å²) in [5.74, 6) is 2.04. The van der Waals surface area contributed by atoms with Gasteiger partial charge in [0, 0.05) is 53.4 Å². The zero-order valence-electron chi connectivity index (χ0n) is 15.4. The molecule has 0 bridgehead atoms. The second-order valence-corrected chi connectivity index (χ2v) is 6.14. The van der Waals surface area contributed by atoms with Crippen LogP contribution in [0.5, 0.6) is 5.75 Å². The van der Waals surface area contributed by atoms with Crippen LogP contribution in [0.1, 0.15) is 5.69 Å². The SMILES string of the molecule is CNc1cc(C)nc(Nc2ccc(OC)c(-c3cc4[nH]ccc4cn3)c2)n1. The molecule has 0 atom stereocenters. The summed E-state index contributed by atoms with van der Waals surface area (Å²) in [6.07, 6.45) is 3.75. The smallest absolute Gasteiger partial charge is 0.229 e. The highest BCUT2D eigenvalue weighted by Crippen LogP contribution is 2.33. The number of H-pyrrole nitrogens is 1. The van der Waals surface area contributed by atoms with E-state index in [1.54, 1.807) is 7.11 Å². The van der Waals surface area contributed by atoms with Crippen LogP contribution in [-0.2, 0) is 0 Å². The first-order valence-electron chi connectivity index (χ1n) is 8.58. The average Bonchev–Trinajstić information content (AvgIpc) is 3.15. The van der Waals surface area contributed by atoms with E-state index in [1.807, 2.05) is 62.8 Å². The minimum absolute atomic E-state index is 0.531. The van der Waals surface area contributed by atoms with E-state index in [0.717, 1.165) is 45.1 Å². The molecule has 0 fully saturated rings. The minimum Gasteiger partial charge on any atom is -0.496 e. The largest absolute Gasteiger partial charge is 0.496 e. The highest BCUT2D eigenvalue weighted by atomic mass is 16.5. The van der Waals surface area contributed by atoms with Crippen LogP contribution in [0.3, 0.4) is 0 Å². The number of aromatic amines is 1. The van der Waals surface area contributed by atoms with Gasteiger partial charge in [-0.1, -0.05) is 0 Å². The lowest BCUT2D eigenvalue weighted by atomic mass is 10.1. The van der Waals surface area contributed by atoms with Crippen molar-refractivity contribution in [3.05, 3.63) is 54.5 Å². The average molecular weight is 360 g/mol. The summed E-state index contributed by atoms with van der Waals surface area (Å²) in [7, 11) is 3.49. The van der Waals surface area contributed by atoms with E-state index in [1.165, 1.54) is 0 Å². The summed E-state index contributed by atoms with van der Waals surface area (Å²) >= 11 is 0. The quantitative estimate of drug-likeness (QED) is 0.496. The van der Waals surface area contributed by atoms with Crippen LogP contribution in [0.2, 0.25) is 0 Å². The lowest BCUT2D eigenvalue weighted by molar-refractivity contribution is 0.416. The molecule has 4 rings (SSSR count). The van der Waals surface area contributed by atoms with Crippen LogP contribution in [-0.4, -0.2) is 34.1 Å². The summed E-state index contributed by atoms with van der Waals surface area (Å²) in [5.41, 5.74) is 4.48. The highest BCUT2D eigenvalue weighted by Gasteiger charge is 2.11. The maximum atomic E-state index is 5.53. The van der Waals surface area contributed by atoms with E-state index in [2.05, 4.69) is 30.6 Å². The van der Waals surface area contributed by atoms with Crippen LogP contribution in [0.15, 0.2) is 48.8 Å². The Balaban J connectivity index is 1.73. The first-order valence-corrected chi connectivity index (χ1v) is 8.58. The van der Waals surface area contributed by atoms with Gasteiger partial charge in [-0.3, -0.25) is 4.98 Å². The number of nitrogens with zero attached hydrogens (tertiary/aromatic N) is 3. The number of rotatable bonds is 5. The zero-order valence-corrected chi connectivity index (χ0v) is 15.4. The lowest BCUT2D eigenvalue weighted by Crippen LogP contribution is -2.02. The summed E-state index contributed by atoms with van der Waals surface area (Å²) in [5, 5.41) is 7.37. The molecule has 0 unspecified atom stereocenters. The molecular formula is C20H20N6O. The molecule has 0 saturated carbocycles. The third kappa shape index (κ3) is 3.39. The number of aromatic nitrogens is 4. The van der Waals surface area contributed by atoms with Gasteiger partial charge in [0.05, 0.1) is 12.8 Å². The van der Waals surface area contributed by atoms with Gasteiger partial charge in [-0.2, -0.15) is 4.98 Å². The van der Waals surface area contributed by atoms with E-state index in [-0.39, 0.29) is 0 Å². The van der Waals surface area contributed by atoms with Crippen LogP contribution in [0.25, 0.3) is 22.2 Å². The standard InChI is InChI=1S/C20H20N6O/c1-12-8-19(21-2)26-20(24-12)25-14-4-5-18(27-3)15(9-14)17-10-16-13(11-23-17)6-7-22-16/h4-11,22H,1-3H3,(H2,21,24,25,26). The van der Waals surface area contributed by atoms with Gasteiger partial charge >= 0.3 is 0 Å². The van der Waals surface area contributed by atoms with E-state index in [0.29, 0.717) is 5.95 Å². The van der Waals surface area contributed by atoms with Crippen molar-refractivity contribution < 1.29 is 4.74 Å². The van der Waals surface area contributed by atoms with Gasteiger partial charge in [0.15, 0.2) is 0 Å². The molecule has 3 aromatic heterocycles. The second-order valence-electron chi connectivity index (χ2n) is 6.14. The number of fused-ring (bicyclic) bond motifs is 1. The molecule has 0 spiro atoms. The Bertz CT molecular complexity index is 1100. The summed E-state index contributed by atoms with van der Waals surface area (Å²) < 4.78 is 5.53. The molecule has 0 saturated heterocycles. The van der Waals surface area contributed by atoms with E-state index in [4.69, 9.17) is 4.74 Å². The number of benzene rings is 1. The Labute approximate surface area is 156 Å². The fraction of sp³-hybridized carbons (Fsp3) is 0.150. The summed E-state index contributed by atoms with van der Waals surface area (Å²) in [6, 6.07) is 11.7. The van der Waals surface area contributed by atoms with Gasteiger partial charge in [0.1, 0.15) is 11.6 Å². The number of anilines is 3. The van der Waals surface area contributed by atoms with Crippen LogP contribution >= 0.6 is 0 Å². The molecule has 136 valence electrons. The van der Waals surface area contributed by atoms with Crippen molar-refractivity contribution in [1.82, 2.24) is 19.9 Å². The van der Waals surface area contributed by atoms with Crippen molar-refractivity contribution in [1.29, 1.82) is 0 Å². The predicted molar refractivity (Wildman–Crippen MR) is 108 cm³/mol. The number of hydrogen-bond donors (Lipinski definition) is 3. The normalized spacial score (nSPS) is 10.8. The predicted octanol–water partition coefficient (Wildman–Crippen LogP) is 4.12. The van der Waals surface area contributed by atoms with Crippen molar-refractivity contribution in [2.45, 2.75) is 6.92 Å². The number of ether oxygens (including phenoxy) is 1. The van der Waals surface area contributed by atoms with Crippen LogP contribution in [0.4, 0.5) is 17.5 Å². The molecule has 0 amide bonds. The van der Waals surface area contributed by atoms with Gasteiger partial charge in [0.25, 0.3) is 0 Å². The van der Waals surface area contributed by atoms with Gasteiger partial charge in [-0.05, 0) is 37.3 Å². The van der Waals surface area contributed by atoms with Crippen molar-refractivity contribution in [3.63, 3.8) is 0 Å². The molecule has 7 nitrogen and oxygen atoms in total. The van der Waals surface area contributed by atoms with Gasteiger partial charge < -0.3 is 20.4 Å². The third-order valence-electron chi connectivity index (χ3n) is 4.28. The Morgan fingerprint density at radius 3 is 2.78 bits per heavy atom. The number of hydrogen-bond acceptors (Lipinski definition) is 6. The number of methoxy groups -OCH3 is 1. The highest BCUT2D eigenvalue weighted by molar-refractivity contribution is 5.84. The third-order valence-corrected chi connectivity index (χ3v) is 4.28. The molecule has 27 heavy (non-hydrogen) atoms. The number of nitrogens with one attached hydrogen (secondary N) is 3. The molecule has 0 aliphatic rings. The summed E-state index contributed by atoms with van der Waals surface area (Å²) in [6.45, 7) is 1.93. The van der Waals surface area contributed by atoms with Crippen molar-refractivity contribution in [2.24, 2.45) is 0 Å².